The summed E-state index contributed by atoms with van der Waals surface area (Å²) >= 11 is 1.18. The highest BCUT2D eigenvalue weighted by atomic mass is 32.2. The molecule has 136 valence electrons. The molecule has 0 saturated heterocycles. The van der Waals surface area contributed by atoms with Crippen molar-refractivity contribution in [3.8, 4) is 11.3 Å². The van der Waals surface area contributed by atoms with Crippen molar-refractivity contribution in [2.45, 2.75) is 17.7 Å². The van der Waals surface area contributed by atoms with Gasteiger partial charge in [0.2, 0.25) is 10.0 Å². The standard InChI is InChI=1S/C17H16FN3O3S2/c1-12-2-9-17(25-12)26(23,24)19-10-11-21-16(22)8-7-15(20-21)13-3-5-14(18)6-4-13/h2-9,19H,10-11H2,1H3. The molecule has 0 aliphatic carbocycles. The monoisotopic (exact) mass is 393 g/mol. The maximum atomic E-state index is 13.0. The minimum absolute atomic E-state index is 0.0268. The molecule has 1 aromatic carbocycles. The van der Waals surface area contributed by atoms with Crippen LogP contribution in [0.3, 0.4) is 0 Å². The number of rotatable bonds is 6. The molecule has 0 unspecified atom stereocenters. The van der Waals surface area contributed by atoms with Crippen LogP contribution in [0.25, 0.3) is 11.3 Å². The minimum Gasteiger partial charge on any atom is -0.268 e. The Kier molecular flexibility index (Phi) is 5.30. The van der Waals surface area contributed by atoms with Crippen molar-refractivity contribution in [3.05, 3.63) is 69.6 Å². The lowest BCUT2D eigenvalue weighted by Crippen LogP contribution is -2.31. The molecule has 1 N–H and O–H groups in total. The van der Waals surface area contributed by atoms with Crippen molar-refractivity contribution in [3.63, 3.8) is 0 Å². The summed E-state index contributed by atoms with van der Waals surface area (Å²) in [4.78, 5) is 12.8. The second-order valence-electron chi connectivity index (χ2n) is 5.55. The number of aromatic nitrogens is 2. The van der Waals surface area contributed by atoms with Gasteiger partial charge < -0.3 is 0 Å². The van der Waals surface area contributed by atoms with Gasteiger partial charge in [-0.05, 0) is 49.4 Å². The number of nitrogens with one attached hydrogen (secondary N) is 1. The fraction of sp³-hybridized carbons (Fsp3) is 0.176. The molecule has 2 heterocycles. The second kappa shape index (κ2) is 7.48. The quantitative estimate of drug-likeness (QED) is 0.697. The van der Waals surface area contributed by atoms with E-state index in [1.54, 1.807) is 30.3 Å². The fourth-order valence-electron chi connectivity index (χ4n) is 2.30. The summed E-state index contributed by atoms with van der Waals surface area (Å²) in [5, 5.41) is 4.22. The highest BCUT2D eigenvalue weighted by molar-refractivity contribution is 7.91. The molecule has 0 aliphatic rings. The van der Waals surface area contributed by atoms with Crippen LogP contribution in [0.4, 0.5) is 4.39 Å². The van der Waals surface area contributed by atoms with E-state index in [2.05, 4.69) is 9.82 Å². The van der Waals surface area contributed by atoms with Crippen LogP contribution >= 0.6 is 11.3 Å². The number of sulfonamides is 1. The van der Waals surface area contributed by atoms with Gasteiger partial charge in [-0.1, -0.05) is 0 Å². The van der Waals surface area contributed by atoms with Crippen LogP contribution in [-0.4, -0.2) is 24.7 Å². The zero-order chi connectivity index (χ0) is 18.7. The first-order valence-corrected chi connectivity index (χ1v) is 10.1. The topological polar surface area (TPSA) is 81.1 Å². The Bertz CT molecular complexity index is 1070. The smallest absolute Gasteiger partial charge is 0.266 e. The fourth-order valence-corrected chi connectivity index (χ4v) is 4.65. The van der Waals surface area contributed by atoms with E-state index in [9.17, 15) is 17.6 Å². The maximum Gasteiger partial charge on any atom is 0.266 e. The first-order chi connectivity index (χ1) is 12.3. The van der Waals surface area contributed by atoms with E-state index in [4.69, 9.17) is 0 Å². The number of hydrogen-bond acceptors (Lipinski definition) is 5. The highest BCUT2D eigenvalue weighted by Crippen LogP contribution is 2.20. The minimum atomic E-state index is -3.61. The number of aryl methyl sites for hydroxylation is 1. The third-order valence-electron chi connectivity index (χ3n) is 3.60. The van der Waals surface area contributed by atoms with Gasteiger partial charge >= 0.3 is 0 Å². The van der Waals surface area contributed by atoms with E-state index < -0.39 is 10.0 Å². The van der Waals surface area contributed by atoms with Crippen LogP contribution in [0.5, 0.6) is 0 Å². The van der Waals surface area contributed by atoms with Crippen LogP contribution in [0, 0.1) is 12.7 Å². The van der Waals surface area contributed by atoms with E-state index in [0.29, 0.717) is 11.3 Å². The van der Waals surface area contributed by atoms with Crippen LogP contribution in [0.1, 0.15) is 4.88 Å². The van der Waals surface area contributed by atoms with Crippen molar-refractivity contribution in [2.24, 2.45) is 0 Å². The Hall–Kier alpha value is -2.36. The predicted octanol–water partition coefficient (Wildman–Crippen LogP) is 2.40. The number of halogens is 1. The molecule has 0 fully saturated rings. The predicted molar refractivity (Wildman–Crippen MR) is 98.1 cm³/mol. The van der Waals surface area contributed by atoms with Gasteiger partial charge in [0.25, 0.3) is 5.56 Å². The van der Waals surface area contributed by atoms with Gasteiger partial charge in [-0.15, -0.1) is 11.3 Å². The molecule has 9 heteroatoms. The number of benzene rings is 1. The molecule has 0 saturated carbocycles. The number of hydrogen-bond donors (Lipinski definition) is 1. The highest BCUT2D eigenvalue weighted by Gasteiger charge is 2.15. The number of thiophene rings is 1. The molecule has 3 rings (SSSR count). The lowest BCUT2D eigenvalue weighted by Gasteiger charge is -2.08. The first kappa shape index (κ1) is 18.4. The van der Waals surface area contributed by atoms with Crippen molar-refractivity contribution in [1.29, 1.82) is 0 Å². The van der Waals surface area contributed by atoms with Crippen LogP contribution in [-0.2, 0) is 16.6 Å². The zero-order valence-electron chi connectivity index (χ0n) is 13.8. The summed E-state index contributed by atoms with van der Waals surface area (Å²) in [6, 6.07) is 11.9. The van der Waals surface area contributed by atoms with Gasteiger partial charge in [-0.2, -0.15) is 5.10 Å². The van der Waals surface area contributed by atoms with Crippen molar-refractivity contribution in [2.75, 3.05) is 6.54 Å². The summed E-state index contributed by atoms with van der Waals surface area (Å²) in [5.41, 5.74) is 0.818. The molecule has 0 bridgehead atoms. The summed E-state index contributed by atoms with van der Waals surface area (Å²) in [7, 11) is -3.61. The normalized spacial score (nSPS) is 11.6. The van der Waals surface area contributed by atoms with Crippen molar-refractivity contribution >= 4 is 21.4 Å². The van der Waals surface area contributed by atoms with Gasteiger partial charge in [0.1, 0.15) is 10.0 Å². The van der Waals surface area contributed by atoms with Gasteiger partial charge in [0.15, 0.2) is 0 Å². The molecule has 3 aromatic rings. The molecule has 26 heavy (non-hydrogen) atoms. The van der Waals surface area contributed by atoms with E-state index in [1.165, 1.54) is 34.2 Å². The molecular formula is C17H16FN3O3S2. The molecule has 0 spiro atoms. The Labute approximate surface area is 154 Å². The Morgan fingerprint density at radius 2 is 1.85 bits per heavy atom. The summed E-state index contributed by atoms with van der Waals surface area (Å²) < 4.78 is 41.3. The Balaban J connectivity index is 1.73. The van der Waals surface area contributed by atoms with Gasteiger partial charge in [-0.3, -0.25) is 4.79 Å². The molecule has 0 atom stereocenters. The molecule has 0 aliphatic heterocycles. The van der Waals surface area contributed by atoms with E-state index in [-0.39, 0.29) is 28.7 Å². The first-order valence-electron chi connectivity index (χ1n) is 7.75. The maximum absolute atomic E-state index is 13.0. The van der Waals surface area contributed by atoms with Gasteiger partial charge in [0, 0.05) is 23.1 Å². The van der Waals surface area contributed by atoms with E-state index >= 15 is 0 Å². The Morgan fingerprint density at radius 3 is 2.50 bits per heavy atom. The van der Waals surface area contributed by atoms with Crippen LogP contribution in [0.15, 0.2) is 57.5 Å². The van der Waals surface area contributed by atoms with Crippen LogP contribution < -0.4 is 10.3 Å². The molecule has 0 radical (unpaired) electrons. The lowest BCUT2D eigenvalue weighted by molar-refractivity contribution is 0.550. The number of nitrogens with zero attached hydrogens (tertiary/aromatic N) is 2. The average molecular weight is 393 g/mol. The third kappa shape index (κ3) is 4.24. The molecule has 0 amide bonds. The largest absolute Gasteiger partial charge is 0.268 e. The molecule has 6 nitrogen and oxygen atoms in total. The lowest BCUT2D eigenvalue weighted by atomic mass is 10.1. The van der Waals surface area contributed by atoms with Gasteiger partial charge in [-0.25, -0.2) is 22.2 Å². The van der Waals surface area contributed by atoms with E-state index in [1.807, 2.05) is 6.92 Å². The molecular weight excluding hydrogens is 377 g/mol. The summed E-state index contributed by atoms with van der Waals surface area (Å²) in [6.45, 7) is 1.94. The Morgan fingerprint density at radius 1 is 1.12 bits per heavy atom. The third-order valence-corrected chi connectivity index (χ3v) is 6.56. The van der Waals surface area contributed by atoms with E-state index in [0.717, 1.165) is 4.88 Å². The molecule has 2 aromatic heterocycles. The SMILES string of the molecule is Cc1ccc(S(=O)(=O)NCCn2nc(-c3ccc(F)cc3)ccc2=O)s1. The van der Waals surface area contributed by atoms with Crippen LogP contribution in [0.2, 0.25) is 0 Å². The zero-order valence-corrected chi connectivity index (χ0v) is 15.5. The summed E-state index contributed by atoms with van der Waals surface area (Å²) in [6.07, 6.45) is 0. The van der Waals surface area contributed by atoms with Crippen molar-refractivity contribution in [1.82, 2.24) is 14.5 Å². The van der Waals surface area contributed by atoms with Crippen molar-refractivity contribution < 1.29 is 12.8 Å². The average Bonchev–Trinajstić information content (AvgIpc) is 3.05. The summed E-state index contributed by atoms with van der Waals surface area (Å²) in [5.74, 6) is -0.361. The second-order valence-corrected chi connectivity index (χ2v) is 8.83. The van der Waals surface area contributed by atoms with Gasteiger partial charge in [0.05, 0.1) is 12.2 Å².